The summed E-state index contributed by atoms with van der Waals surface area (Å²) in [6.45, 7) is 8.94. The Morgan fingerprint density at radius 2 is 1.90 bits per heavy atom. The highest BCUT2D eigenvalue weighted by Crippen LogP contribution is 2.28. The van der Waals surface area contributed by atoms with E-state index in [0.717, 1.165) is 0 Å². The van der Waals surface area contributed by atoms with Crippen LogP contribution in [0.2, 0.25) is 0 Å². The number of hydrogen-bond acceptors (Lipinski definition) is 1. The van der Waals surface area contributed by atoms with E-state index >= 15 is 0 Å². The smallest absolute Gasteiger partial charge is 0.00515 e. The maximum absolute atomic E-state index is 2.25. The van der Waals surface area contributed by atoms with Gasteiger partial charge in [0.25, 0.3) is 0 Å². The summed E-state index contributed by atoms with van der Waals surface area (Å²) in [4.78, 5) is 1.45. The van der Waals surface area contributed by atoms with Crippen molar-refractivity contribution in [2.45, 2.75) is 33.1 Å². The maximum atomic E-state index is 2.25. The fraction of sp³-hybridized carbons (Fsp3) is 0.556. The highest BCUT2D eigenvalue weighted by Gasteiger charge is 2.15. The Hall–Kier alpha value is -0.300. The molecule has 56 valence electrons. The molecule has 10 heavy (non-hydrogen) atoms. The van der Waals surface area contributed by atoms with Crippen molar-refractivity contribution in [2.24, 2.45) is 0 Å². The van der Waals surface area contributed by atoms with Gasteiger partial charge in [0.1, 0.15) is 0 Å². The zero-order valence-corrected chi connectivity index (χ0v) is 7.88. The molecule has 1 aromatic heterocycles. The second-order valence-corrected chi connectivity index (χ2v) is 4.76. The van der Waals surface area contributed by atoms with Crippen molar-refractivity contribution in [1.29, 1.82) is 0 Å². The molecule has 0 radical (unpaired) electrons. The summed E-state index contributed by atoms with van der Waals surface area (Å²) in [6.07, 6.45) is 0. The van der Waals surface area contributed by atoms with Crippen LogP contribution in [0.3, 0.4) is 0 Å². The molecule has 0 atom stereocenters. The predicted molar refractivity (Wildman–Crippen MR) is 47.8 cm³/mol. The average Bonchev–Trinajstić information content (AvgIpc) is 2.11. The standard InChI is InChI=1S/C9H14S/c1-7-8(5-6-10-7)9(2,3)4/h5-6H,1-4H3. The minimum atomic E-state index is 0.323. The lowest BCUT2D eigenvalue weighted by Crippen LogP contribution is -2.10. The zero-order valence-electron chi connectivity index (χ0n) is 7.06. The minimum absolute atomic E-state index is 0.323. The average molecular weight is 154 g/mol. The summed E-state index contributed by atoms with van der Waals surface area (Å²) < 4.78 is 0. The minimum Gasteiger partial charge on any atom is -0.149 e. The largest absolute Gasteiger partial charge is 0.149 e. The van der Waals surface area contributed by atoms with Crippen LogP contribution in [0.15, 0.2) is 11.4 Å². The molecule has 0 aliphatic rings. The Bertz CT molecular complexity index is 215. The summed E-state index contributed by atoms with van der Waals surface area (Å²) in [7, 11) is 0. The van der Waals surface area contributed by atoms with E-state index in [2.05, 4.69) is 39.1 Å². The molecule has 0 saturated carbocycles. The SMILES string of the molecule is Cc1sccc1C(C)(C)C. The van der Waals surface area contributed by atoms with E-state index in [4.69, 9.17) is 0 Å². The molecule has 1 aromatic rings. The van der Waals surface area contributed by atoms with Gasteiger partial charge in [0, 0.05) is 4.88 Å². The third-order valence-electron chi connectivity index (χ3n) is 1.67. The fourth-order valence-corrected chi connectivity index (χ4v) is 2.07. The molecule has 0 aliphatic heterocycles. The van der Waals surface area contributed by atoms with Gasteiger partial charge in [-0.25, -0.2) is 0 Å². The molecule has 0 fully saturated rings. The Morgan fingerprint density at radius 3 is 2.10 bits per heavy atom. The van der Waals surface area contributed by atoms with Gasteiger partial charge in [-0.2, -0.15) is 0 Å². The van der Waals surface area contributed by atoms with Crippen LogP contribution in [-0.4, -0.2) is 0 Å². The van der Waals surface area contributed by atoms with E-state index in [1.54, 1.807) is 0 Å². The zero-order chi connectivity index (χ0) is 7.78. The Morgan fingerprint density at radius 1 is 1.30 bits per heavy atom. The normalized spacial score (nSPS) is 12.0. The van der Waals surface area contributed by atoms with Crippen molar-refractivity contribution in [3.8, 4) is 0 Å². The molecule has 1 heterocycles. The van der Waals surface area contributed by atoms with Crippen molar-refractivity contribution in [3.63, 3.8) is 0 Å². The molecule has 0 nitrogen and oxygen atoms in total. The van der Waals surface area contributed by atoms with Crippen LogP contribution in [-0.2, 0) is 5.41 Å². The molecule has 1 heteroatoms. The molecular weight excluding hydrogens is 140 g/mol. The van der Waals surface area contributed by atoms with Crippen molar-refractivity contribution >= 4 is 11.3 Å². The van der Waals surface area contributed by atoms with Gasteiger partial charge in [0.15, 0.2) is 0 Å². The lowest BCUT2D eigenvalue weighted by Gasteiger charge is -2.17. The quantitative estimate of drug-likeness (QED) is 0.537. The summed E-state index contributed by atoms with van der Waals surface area (Å²) in [5.74, 6) is 0. The van der Waals surface area contributed by atoms with Gasteiger partial charge in [0.05, 0.1) is 0 Å². The van der Waals surface area contributed by atoms with Gasteiger partial charge in [-0.05, 0) is 29.3 Å². The summed E-state index contributed by atoms with van der Waals surface area (Å²) in [5.41, 5.74) is 1.81. The topological polar surface area (TPSA) is 0 Å². The van der Waals surface area contributed by atoms with Gasteiger partial charge in [-0.3, -0.25) is 0 Å². The highest BCUT2D eigenvalue weighted by atomic mass is 32.1. The highest BCUT2D eigenvalue weighted by molar-refractivity contribution is 7.10. The van der Waals surface area contributed by atoms with Crippen LogP contribution in [0.1, 0.15) is 31.2 Å². The molecule has 0 saturated heterocycles. The predicted octanol–water partition coefficient (Wildman–Crippen LogP) is 3.35. The molecule has 0 aromatic carbocycles. The van der Waals surface area contributed by atoms with E-state index < -0.39 is 0 Å². The van der Waals surface area contributed by atoms with E-state index in [1.807, 2.05) is 11.3 Å². The molecular formula is C9H14S. The van der Waals surface area contributed by atoms with Crippen LogP contribution in [0, 0.1) is 6.92 Å². The summed E-state index contributed by atoms with van der Waals surface area (Å²) in [6, 6.07) is 2.22. The molecule has 0 amide bonds. The van der Waals surface area contributed by atoms with E-state index in [0.29, 0.717) is 5.41 Å². The molecule has 0 N–H and O–H groups in total. The lowest BCUT2D eigenvalue weighted by atomic mass is 9.88. The van der Waals surface area contributed by atoms with Crippen molar-refractivity contribution in [3.05, 3.63) is 21.9 Å². The first-order valence-corrected chi connectivity index (χ1v) is 4.44. The number of aryl methyl sites for hydroxylation is 1. The van der Waals surface area contributed by atoms with E-state index in [1.165, 1.54) is 10.4 Å². The van der Waals surface area contributed by atoms with Crippen LogP contribution >= 0.6 is 11.3 Å². The fourth-order valence-electron chi connectivity index (χ4n) is 1.16. The second kappa shape index (κ2) is 2.39. The van der Waals surface area contributed by atoms with E-state index in [-0.39, 0.29) is 0 Å². The van der Waals surface area contributed by atoms with Crippen LogP contribution in [0.25, 0.3) is 0 Å². The third kappa shape index (κ3) is 1.40. The summed E-state index contributed by atoms with van der Waals surface area (Å²) >= 11 is 1.83. The Kier molecular flexibility index (Phi) is 1.86. The van der Waals surface area contributed by atoms with Crippen molar-refractivity contribution in [1.82, 2.24) is 0 Å². The number of hydrogen-bond donors (Lipinski definition) is 0. The number of thiophene rings is 1. The summed E-state index contributed by atoms with van der Waals surface area (Å²) in [5, 5.41) is 2.16. The molecule has 0 spiro atoms. The Labute approximate surface area is 66.9 Å². The third-order valence-corrected chi connectivity index (χ3v) is 2.51. The van der Waals surface area contributed by atoms with Gasteiger partial charge in [0.2, 0.25) is 0 Å². The monoisotopic (exact) mass is 154 g/mol. The lowest BCUT2D eigenvalue weighted by molar-refractivity contribution is 0.589. The van der Waals surface area contributed by atoms with Crippen molar-refractivity contribution in [2.75, 3.05) is 0 Å². The van der Waals surface area contributed by atoms with Crippen LogP contribution in [0.4, 0.5) is 0 Å². The van der Waals surface area contributed by atoms with E-state index in [9.17, 15) is 0 Å². The first-order chi connectivity index (χ1) is 4.52. The maximum Gasteiger partial charge on any atom is 0.00515 e. The molecule has 0 unspecified atom stereocenters. The molecule has 1 rings (SSSR count). The van der Waals surface area contributed by atoms with Gasteiger partial charge in [-0.1, -0.05) is 20.8 Å². The molecule has 0 aliphatic carbocycles. The second-order valence-electron chi connectivity index (χ2n) is 3.64. The van der Waals surface area contributed by atoms with Gasteiger partial charge in [-0.15, -0.1) is 11.3 Å². The van der Waals surface area contributed by atoms with Crippen molar-refractivity contribution < 1.29 is 0 Å². The van der Waals surface area contributed by atoms with Crippen LogP contribution in [0.5, 0.6) is 0 Å². The number of rotatable bonds is 0. The van der Waals surface area contributed by atoms with Gasteiger partial charge < -0.3 is 0 Å². The Balaban J connectivity index is 3.05. The van der Waals surface area contributed by atoms with Gasteiger partial charge >= 0.3 is 0 Å². The first-order valence-electron chi connectivity index (χ1n) is 3.56. The molecule has 0 bridgehead atoms. The van der Waals surface area contributed by atoms with Crippen LogP contribution < -0.4 is 0 Å². The first kappa shape index (κ1) is 7.80.